The third-order valence-corrected chi connectivity index (χ3v) is 9.27. The first-order chi connectivity index (χ1) is 27.7. The third-order valence-electron chi connectivity index (χ3n) is 9.10. The Morgan fingerprint density at radius 2 is 0.897 bits per heavy atom. The van der Waals surface area contributed by atoms with Gasteiger partial charge in [0.1, 0.15) is 0 Å². The van der Waals surface area contributed by atoms with E-state index in [2.05, 4.69) is 54.4 Å². The van der Waals surface area contributed by atoms with Crippen LogP contribution in [0, 0.1) is 13.8 Å². The van der Waals surface area contributed by atoms with Crippen LogP contribution < -0.4 is 61.5 Å². The fourth-order valence-corrected chi connectivity index (χ4v) is 5.95. The van der Waals surface area contributed by atoms with Gasteiger partial charge in [-0.05, 0) is 56.1 Å². The van der Waals surface area contributed by atoms with Gasteiger partial charge in [0.2, 0.25) is 29.1 Å². The summed E-state index contributed by atoms with van der Waals surface area (Å²) in [5, 5.41) is 16.3. The summed E-state index contributed by atoms with van der Waals surface area (Å²) in [6.07, 6.45) is 25.9. The fourth-order valence-electron chi connectivity index (χ4n) is 5.79. The molecule has 0 aliphatic carbocycles. The second-order valence-corrected chi connectivity index (χ2v) is 14.8. The number of hydrogen-bond acceptors (Lipinski definition) is 12. The zero-order valence-corrected chi connectivity index (χ0v) is 39.0. The first-order valence-corrected chi connectivity index (χ1v) is 21.7. The summed E-state index contributed by atoms with van der Waals surface area (Å²) in [7, 11) is 0. The molecule has 0 amide bonds. The van der Waals surface area contributed by atoms with Crippen LogP contribution in [0.2, 0.25) is 5.28 Å². The Kier molecular flexibility index (Phi) is 31.4. The van der Waals surface area contributed by atoms with Crippen molar-refractivity contribution in [3.63, 3.8) is 0 Å². The first kappa shape index (κ1) is 52.7. The van der Waals surface area contributed by atoms with E-state index < -0.39 is 0 Å². The summed E-state index contributed by atoms with van der Waals surface area (Å²) in [5.41, 5.74) is 15.4. The van der Waals surface area contributed by atoms with Gasteiger partial charge in [-0.15, -0.1) is 6.61 Å². The summed E-state index contributed by atoms with van der Waals surface area (Å²) in [5.74, 6) is 0.980. The molecule has 316 valence electrons. The van der Waals surface area contributed by atoms with Crippen molar-refractivity contribution in [2.24, 2.45) is 0 Å². The van der Waals surface area contributed by atoms with Crippen molar-refractivity contribution in [3.8, 4) is 6.01 Å². The van der Waals surface area contributed by atoms with Crippen LogP contribution in [0.3, 0.4) is 0 Å². The standard InChI is InChI=1S/C22H35N5O.C12H25O.C10H10ClN5.Na/c1-3-4-5-6-7-8-9-10-11-12-17-28-22-26-20(23)25-21(27-22)24-19-15-13-18(2)14-16-19;1-2-3-4-5-6-7-8-9-10-11-12-13;1-6-2-4-7(5-3-6)13-10-15-8(11)14-9(12)16-10;/h13-16H,3-12,17H2,1-2H3,(H3,23,24,25,26,27);2-12H2,1H3;2-5H,1H3,(H3,12,13,14,15,16);/q;-1;;+1. The monoisotopic (exact) mass is 829 g/mol. The number of hydrogen-bond donors (Lipinski definition) is 4. The minimum Gasteiger partial charge on any atom is -0.854 e. The first-order valence-electron chi connectivity index (χ1n) is 21.3. The summed E-state index contributed by atoms with van der Waals surface area (Å²) in [4.78, 5) is 24.0. The van der Waals surface area contributed by atoms with Crippen molar-refractivity contribution in [1.29, 1.82) is 0 Å². The molecule has 58 heavy (non-hydrogen) atoms. The Balaban J connectivity index is 0.000000475. The van der Waals surface area contributed by atoms with E-state index in [1.54, 1.807) is 0 Å². The fraction of sp³-hybridized carbons (Fsp3) is 0.591. The average Bonchev–Trinajstić information content (AvgIpc) is 3.18. The number of nitrogens with zero attached hydrogens (tertiary/aromatic N) is 6. The van der Waals surface area contributed by atoms with E-state index in [0.29, 0.717) is 18.5 Å². The van der Waals surface area contributed by atoms with Gasteiger partial charge in [-0.25, -0.2) is 0 Å². The predicted molar refractivity (Wildman–Crippen MR) is 236 cm³/mol. The Morgan fingerprint density at radius 1 is 0.517 bits per heavy atom. The van der Waals surface area contributed by atoms with Gasteiger partial charge in [0.05, 0.1) is 6.61 Å². The molecule has 0 aliphatic rings. The molecule has 2 aromatic carbocycles. The second-order valence-electron chi connectivity index (χ2n) is 14.5. The Hall–Kier alpha value is -3.29. The number of aromatic nitrogens is 6. The molecule has 0 atom stereocenters. The van der Waals surface area contributed by atoms with E-state index in [0.717, 1.165) is 30.6 Å². The van der Waals surface area contributed by atoms with Crippen molar-refractivity contribution in [2.75, 3.05) is 35.3 Å². The molecule has 0 bridgehead atoms. The van der Waals surface area contributed by atoms with Crippen LogP contribution in [0.25, 0.3) is 0 Å². The van der Waals surface area contributed by atoms with E-state index in [4.69, 9.17) is 27.8 Å². The van der Waals surface area contributed by atoms with Crippen molar-refractivity contribution in [2.45, 2.75) is 156 Å². The number of unbranched alkanes of at least 4 members (excludes halogenated alkanes) is 18. The molecule has 6 N–H and O–H groups in total. The van der Waals surface area contributed by atoms with Crippen LogP contribution in [0.4, 0.5) is 35.2 Å². The Morgan fingerprint density at radius 3 is 1.31 bits per heavy atom. The van der Waals surface area contributed by atoms with Gasteiger partial charge in [0.15, 0.2) is 0 Å². The van der Waals surface area contributed by atoms with Gasteiger partial charge in [-0.1, -0.05) is 171 Å². The van der Waals surface area contributed by atoms with Gasteiger partial charge in [-0.2, -0.15) is 29.9 Å². The number of aryl methyl sites for hydroxylation is 2. The molecule has 14 heteroatoms. The smallest absolute Gasteiger partial charge is 0.854 e. The summed E-state index contributed by atoms with van der Waals surface area (Å²) in [6.45, 7) is 9.30. The number of halogens is 1. The topological polar surface area (TPSA) is 186 Å². The third kappa shape index (κ3) is 27.4. The normalized spacial score (nSPS) is 10.4. The zero-order valence-electron chi connectivity index (χ0n) is 36.2. The molecular formula is C44H70ClN10NaO2. The average molecular weight is 830 g/mol. The van der Waals surface area contributed by atoms with Gasteiger partial charge >= 0.3 is 35.6 Å². The minimum absolute atomic E-state index is 0. The van der Waals surface area contributed by atoms with E-state index in [9.17, 15) is 5.11 Å². The van der Waals surface area contributed by atoms with E-state index in [-0.39, 0.29) is 59.4 Å². The quantitative estimate of drug-likeness (QED) is 0.0352. The molecule has 2 heterocycles. The van der Waals surface area contributed by atoms with E-state index in [1.807, 2.05) is 62.4 Å². The van der Waals surface area contributed by atoms with Crippen LogP contribution in [-0.4, -0.2) is 43.1 Å². The van der Waals surface area contributed by atoms with Crippen LogP contribution in [-0.2, 0) is 0 Å². The number of nitrogens with one attached hydrogen (secondary N) is 2. The number of benzene rings is 2. The molecule has 0 fully saturated rings. The molecule has 0 radical (unpaired) electrons. The molecule has 0 unspecified atom stereocenters. The molecular weight excluding hydrogens is 759 g/mol. The largest absolute Gasteiger partial charge is 1.00 e. The number of rotatable bonds is 26. The van der Waals surface area contributed by atoms with Crippen LogP contribution in [0.15, 0.2) is 48.5 Å². The van der Waals surface area contributed by atoms with Gasteiger partial charge < -0.3 is 31.9 Å². The Bertz CT molecular complexity index is 1560. The zero-order chi connectivity index (χ0) is 41.4. The van der Waals surface area contributed by atoms with Gasteiger partial charge in [-0.3, -0.25) is 0 Å². The molecule has 0 saturated heterocycles. The van der Waals surface area contributed by atoms with Crippen LogP contribution in [0.5, 0.6) is 6.01 Å². The maximum atomic E-state index is 10.1. The van der Waals surface area contributed by atoms with Crippen molar-refractivity contribution < 1.29 is 39.4 Å². The summed E-state index contributed by atoms with van der Waals surface area (Å²) >= 11 is 5.66. The molecule has 0 spiro atoms. The SMILES string of the molecule is CCCCCCCCCCCCOc1nc(N)nc(Nc2ccc(C)cc2)n1.CCCCCCCCCCCC[O-].Cc1ccc(Nc2nc(N)nc(Cl)n2)cc1.[Na+]. The minimum atomic E-state index is 0. The molecule has 0 aliphatic heterocycles. The summed E-state index contributed by atoms with van der Waals surface area (Å²) in [6, 6.07) is 16.1. The van der Waals surface area contributed by atoms with Crippen molar-refractivity contribution in [1.82, 2.24) is 29.9 Å². The molecule has 4 rings (SSSR count). The predicted octanol–water partition coefficient (Wildman–Crippen LogP) is 8.24. The number of nitrogen functional groups attached to an aromatic ring is 2. The number of ether oxygens (including phenoxy) is 1. The molecule has 12 nitrogen and oxygen atoms in total. The summed E-state index contributed by atoms with van der Waals surface area (Å²) < 4.78 is 5.67. The van der Waals surface area contributed by atoms with Gasteiger partial charge in [0.25, 0.3) is 0 Å². The Labute approximate surface area is 376 Å². The van der Waals surface area contributed by atoms with Crippen LogP contribution >= 0.6 is 11.6 Å². The molecule has 0 saturated carbocycles. The van der Waals surface area contributed by atoms with Gasteiger partial charge in [0, 0.05) is 11.4 Å². The van der Waals surface area contributed by atoms with Crippen LogP contribution in [0.1, 0.15) is 153 Å². The maximum absolute atomic E-state index is 10.1. The number of nitrogens with two attached hydrogens (primary N) is 2. The van der Waals surface area contributed by atoms with E-state index >= 15 is 0 Å². The second kappa shape index (κ2) is 34.6. The van der Waals surface area contributed by atoms with Crippen molar-refractivity contribution in [3.05, 3.63) is 64.9 Å². The molecule has 4 aromatic rings. The maximum Gasteiger partial charge on any atom is 1.00 e. The van der Waals surface area contributed by atoms with E-state index in [1.165, 1.54) is 120 Å². The van der Waals surface area contributed by atoms with Crippen molar-refractivity contribution >= 4 is 46.8 Å². The number of anilines is 6. The molecule has 2 aromatic heterocycles.